The van der Waals surface area contributed by atoms with Gasteiger partial charge in [-0.3, -0.25) is 4.79 Å². The Bertz CT molecular complexity index is 548. The number of aliphatic carboxylic acids is 1. The first-order valence-corrected chi connectivity index (χ1v) is 7.54. The van der Waals surface area contributed by atoms with Crippen molar-refractivity contribution >= 4 is 12.1 Å². The average molecular weight is 319 g/mol. The van der Waals surface area contributed by atoms with Crippen LogP contribution in [0.5, 0.6) is 0 Å². The largest absolute Gasteiger partial charge is 0.481 e. The Kier molecular flexibility index (Phi) is 6.37. The smallest absolute Gasteiger partial charge is 0.407 e. The maximum Gasteiger partial charge on any atom is 0.407 e. The highest BCUT2D eigenvalue weighted by Gasteiger charge is 2.38. The summed E-state index contributed by atoms with van der Waals surface area (Å²) in [5, 5.41) is 12.3. The van der Waals surface area contributed by atoms with E-state index >= 15 is 0 Å². The highest BCUT2D eigenvalue weighted by molar-refractivity contribution is 5.77. The summed E-state index contributed by atoms with van der Waals surface area (Å²) in [6.45, 7) is 8.88. The maximum absolute atomic E-state index is 11.9. The fourth-order valence-electron chi connectivity index (χ4n) is 2.26. The normalized spacial score (nSPS) is 13.7. The first-order valence-electron chi connectivity index (χ1n) is 7.54. The first-order chi connectivity index (χ1) is 10.7. The van der Waals surface area contributed by atoms with E-state index in [-0.39, 0.29) is 13.0 Å². The second-order valence-corrected chi connectivity index (χ2v) is 6.60. The zero-order valence-electron chi connectivity index (χ0n) is 14.0. The van der Waals surface area contributed by atoms with Crippen LogP contribution < -0.4 is 5.32 Å². The topological polar surface area (TPSA) is 75.6 Å². The van der Waals surface area contributed by atoms with Gasteiger partial charge in [-0.1, -0.05) is 36.4 Å². The van der Waals surface area contributed by atoms with Crippen LogP contribution in [-0.4, -0.2) is 29.3 Å². The van der Waals surface area contributed by atoms with Crippen LogP contribution in [0.4, 0.5) is 4.79 Å². The van der Waals surface area contributed by atoms with Crippen LogP contribution in [-0.2, 0) is 16.0 Å². The minimum Gasteiger partial charge on any atom is -0.481 e. The van der Waals surface area contributed by atoms with E-state index in [4.69, 9.17) is 4.74 Å². The number of rotatable bonds is 7. The number of nitrogens with one attached hydrogen (secondary N) is 1. The summed E-state index contributed by atoms with van der Waals surface area (Å²) in [5.41, 5.74) is -0.892. The van der Waals surface area contributed by atoms with E-state index in [1.807, 2.05) is 30.3 Å². The molecule has 1 atom stereocenters. The standard InChI is InChI=1S/C18H25NO4/c1-5-11-18(15(20)21,12-14-9-7-6-8-10-14)13-19-16(22)23-17(2,3)4/h5-10H,1,11-13H2,2-4H3,(H,19,22)(H,20,21). The Morgan fingerprint density at radius 3 is 2.35 bits per heavy atom. The number of benzene rings is 1. The molecule has 23 heavy (non-hydrogen) atoms. The predicted octanol–water partition coefficient (Wildman–Crippen LogP) is 3.40. The Labute approximate surface area is 137 Å². The van der Waals surface area contributed by atoms with Gasteiger partial charge in [0.25, 0.3) is 0 Å². The Balaban J connectivity index is 2.89. The van der Waals surface area contributed by atoms with E-state index in [1.165, 1.54) is 0 Å². The van der Waals surface area contributed by atoms with Gasteiger partial charge in [-0.05, 0) is 39.2 Å². The minimum atomic E-state index is -1.15. The third-order valence-electron chi connectivity index (χ3n) is 3.34. The second kappa shape index (κ2) is 7.81. The molecule has 1 aromatic rings. The lowest BCUT2D eigenvalue weighted by Crippen LogP contribution is -2.45. The van der Waals surface area contributed by atoms with Crippen LogP contribution in [0.15, 0.2) is 43.0 Å². The van der Waals surface area contributed by atoms with Gasteiger partial charge >= 0.3 is 12.1 Å². The van der Waals surface area contributed by atoms with Crippen molar-refractivity contribution in [3.63, 3.8) is 0 Å². The fourth-order valence-corrected chi connectivity index (χ4v) is 2.26. The van der Waals surface area contributed by atoms with Gasteiger partial charge in [0.2, 0.25) is 0 Å². The number of hydrogen-bond acceptors (Lipinski definition) is 3. The molecule has 1 unspecified atom stereocenters. The molecule has 0 fully saturated rings. The summed E-state index contributed by atoms with van der Waals surface area (Å²) in [6.07, 6.45) is 1.48. The number of carbonyl (C=O) groups is 2. The number of carboxylic acid groups (broad SMARTS) is 1. The monoisotopic (exact) mass is 319 g/mol. The van der Waals surface area contributed by atoms with Crippen molar-refractivity contribution in [1.82, 2.24) is 5.32 Å². The molecule has 0 aliphatic rings. The van der Waals surface area contributed by atoms with Crippen LogP contribution >= 0.6 is 0 Å². The van der Waals surface area contributed by atoms with Gasteiger partial charge in [0.05, 0.1) is 5.41 Å². The van der Waals surface area contributed by atoms with Gasteiger partial charge in [-0.25, -0.2) is 4.79 Å². The average Bonchev–Trinajstić information content (AvgIpc) is 2.44. The van der Waals surface area contributed by atoms with E-state index < -0.39 is 23.1 Å². The van der Waals surface area contributed by atoms with Gasteiger partial charge in [0.1, 0.15) is 5.60 Å². The van der Waals surface area contributed by atoms with Gasteiger partial charge in [-0.2, -0.15) is 0 Å². The van der Waals surface area contributed by atoms with E-state index in [1.54, 1.807) is 26.8 Å². The fraction of sp³-hybridized carbons (Fsp3) is 0.444. The van der Waals surface area contributed by atoms with Crippen LogP contribution in [0.3, 0.4) is 0 Å². The zero-order chi connectivity index (χ0) is 17.5. The molecule has 1 amide bonds. The lowest BCUT2D eigenvalue weighted by Gasteiger charge is -2.29. The van der Waals surface area contributed by atoms with Crippen LogP contribution in [0.25, 0.3) is 0 Å². The zero-order valence-corrected chi connectivity index (χ0v) is 14.0. The first kappa shape index (κ1) is 18.7. The SMILES string of the molecule is C=CCC(CNC(=O)OC(C)(C)C)(Cc1ccccc1)C(=O)O. The number of ether oxygens (including phenoxy) is 1. The number of carbonyl (C=O) groups excluding carboxylic acids is 1. The molecule has 0 heterocycles. The minimum absolute atomic E-state index is 0.0296. The van der Waals surface area contributed by atoms with E-state index in [0.717, 1.165) is 5.56 Å². The molecule has 0 bridgehead atoms. The number of hydrogen-bond donors (Lipinski definition) is 2. The molecule has 0 spiro atoms. The quantitative estimate of drug-likeness (QED) is 0.755. The molecule has 126 valence electrons. The van der Waals surface area contributed by atoms with Crippen molar-refractivity contribution in [1.29, 1.82) is 0 Å². The molecule has 5 nitrogen and oxygen atoms in total. The third kappa shape index (κ3) is 6.14. The summed E-state index contributed by atoms with van der Waals surface area (Å²) in [5.74, 6) is -0.975. The van der Waals surface area contributed by atoms with Crippen LogP contribution in [0, 0.1) is 5.41 Å². The summed E-state index contributed by atoms with van der Waals surface area (Å²) >= 11 is 0. The third-order valence-corrected chi connectivity index (χ3v) is 3.34. The molecule has 5 heteroatoms. The van der Waals surface area contributed by atoms with Gasteiger partial charge in [0, 0.05) is 6.54 Å². The molecule has 2 N–H and O–H groups in total. The molecule has 0 aliphatic heterocycles. The molecule has 0 saturated heterocycles. The Morgan fingerprint density at radius 2 is 1.87 bits per heavy atom. The van der Waals surface area contributed by atoms with Gasteiger partial charge < -0.3 is 15.2 Å². The van der Waals surface area contributed by atoms with Crippen LogP contribution in [0.1, 0.15) is 32.8 Å². The second-order valence-electron chi connectivity index (χ2n) is 6.60. The molecule has 1 aromatic carbocycles. The summed E-state index contributed by atoms with van der Waals surface area (Å²) in [7, 11) is 0. The van der Waals surface area contributed by atoms with E-state index in [2.05, 4.69) is 11.9 Å². The molecule has 0 aromatic heterocycles. The number of allylic oxidation sites excluding steroid dienone is 1. The molecule has 1 rings (SSSR count). The maximum atomic E-state index is 11.9. The van der Waals surface area contributed by atoms with Crippen LogP contribution in [0.2, 0.25) is 0 Å². The lowest BCUT2D eigenvalue weighted by atomic mass is 9.78. The lowest BCUT2D eigenvalue weighted by molar-refractivity contribution is -0.148. The highest BCUT2D eigenvalue weighted by Crippen LogP contribution is 2.28. The molecule has 0 saturated carbocycles. The summed E-state index contributed by atoms with van der Waals surface area (Å²) < 4.78 is 5.17. The molecule has 0 radical (unpaired) electrons. The van der Waals surface area contributed by atoms with Crippen molar-refractivity contribution in [2.75, 3.05) is 6.54 Å². The number of amides is 1. The van der Waals surface area contributed by atoms with Crippen molar-refractivity contribution in [3.05, 3.63) is 48.6 Å². The van der Waals surface area contributed by atoms with Crippen molar-refractivity contribution in [3.8, 4) is 0 Å². The molecule has 0 aliphatic carbocycles. The van der Waals surface area contributed by atoms with E-state index in [0.29, 0.717) is 6.42 Å². The Morgan fingerprint density at radius 1 is 1.26 bits per heavy atom. The molecular weight excluding hydrogens is 294 g/mol. The highest BCUT2D eigenvalue weighted by atomic mass is 16.6. The van der Waals surface area contributed by atoms with Gasteiger partial charge in [0.15, 0.2) is 0 Å². The Hall–Kier alpha value is -2.30. The molecular formula is C18H25NO4. The van der Waals surface area contributed by atoms with Crippen molar-refractivity contribution in [2.45, 2.75) is 39.2 Å². The number of alkyl carbamates (subject to hydrolysis) is 1. The van der Waals surface area contributed by atoms with Crippen molar-refractivity contribution in [2.24, 2.45) is 5.41 Å². The van der Waals surface area contributed by atoms with Gasteiger partial charge in [-0.15, -0.1) is 6.58 Å². The van der Waals surface area contributed by atoms with E-state index in [9.17, 15) is 14.7 Å². The number of carboxylic acids is 1. The summed E-state index contributed by atoms with van der Waals surface area (Å²) in [6, 6.07) is 9.33. The summed E-state index contributed by atoms with van der Waals surface area (Å²) in [4.78, 5) is 23.7. The predicted molar refractivity (Wildman–Crippen MR) is 89.3 cm³/mol. The van der Waals surface area contributed by atoms with Crippen molar-refractivity contribution < 1.29 is 19.4 Å².